The molecule has 4 aromatic rings. The minimum atomic E-state index is -4.22. The largest absolute Gasteiger partial charge is 0.354 e. The van der Waals surface area contributed by atoms with Gasteiger partial charge in [0.2, 0.25) is 11.8 Å². The van der Waals surface area contributed by atoms with Crippen LogP contribution in [-0.4, -0.2) is 44.3 Å². The number of anilines is 1. The number of hydrogen-bond acceptors (Lipinski definition) is 4. The summed E-state index contributed by atoms with van der Waals surface area (Å²) < 4.78 is 44.7. The molecule has 0 unspecified atom stereocenters. The Labute approximate surface area is 272 Å². The summed E-state index contributed by atoms with van der Waals surface area (Å²) in [5, 5.41) is 2.95. The van der Waals surface area contributed by atoms with Crippen LogP contribution in [0.15, 0.2) is 108 Å². The van der Waals surface area contributed by atoms with Crippen molar-refractivity contribution in [3.05, 3.63) is 131 Å². The molecule has 2 amide bonds. The Kier molecular flexibility index (Phi) is 12.1. The van der Waals surface area contributed by atoms with Gasteiger partial charge in [0.15, 0.2) is 0 Å². The van der Waals surface area contributed by atoms with Gasteiger partial charge in [-0.25, -0.2) is 12.8 Å². The molecule has 242 valence electrons. The lowest BCUT2D eigenvalue weighted by atomic mass is 10.0. The van der Waals surface area contributed by atoms with Crippen molar-refractivity contribution in [1.82, 2.24) is 10.2 Å². The Hall–Kier alpha value is -4.50. The van der Waals surface area contributed by atoms with Crippen LogP contribution in [0.2, 0.25) is 0 Å². The van der Waals surface area contributed by atoms with E-state index in [0.29, 0.717) is 18.7 Å². The van der Waals surface area contributed by atoms with E-state index in [-0.39, 0.29) is 29.3 Å². The summed E-state index contributed by atoms with van der Waals surface area (Å²) in [5.41, 5.74) is 3.04. The molecule has 0 spiro atoms. The topological polar surface area (TPSA) is 86.8 Å². The number of benzene rings is 4. The quantitative estimate of drug-likeness (QED) is 0.151. The van der Waals surface area contributed by atoms with Gasteiger partial charge in [-0.05, 0) is 55.2 Å². The van der Waals surface area contributed by atoms with Crippen molar-refractivity contribution < 1.29 is 22.4 Å². The first-order chi connectivity index (χ1) is 22.1. The summed E-state index contributed by atoms with van der Waals surface area (Å²) >= 11 is 0. The van der Waals surface area contributed by atoms with Gasteiger partial charge in [0.25, 0.3) is 10.0 Å². The zero-order valence-electron chi connectivity index (χ0n) is 26.7. The molecule has 0 heterocycles. The monoisotopic (exact) mass is 643 g/mol. The van der Waals surface area contributed by atoms with Gasteiger partial charge in [-0.15, -0.1) is 0 Å². The standard InChI is InChI=1S/C37H42FN3O4S/c1-4-6-24-39-37(43)35(25-29-14-8-7-9-15-29)40(26-31-17-10-12-18-33(31)38)36(42)27-41(34-19-13-11-16-30(34)5-2)46(44,45)32-22-20-28(3)21-23-32/h7-23,35H,4-6,24-27H2,1-3H3,(H,39,43)/t35-/m1/s1. The summed E-state index contributed by atoms with van der Waals surface area (Å²) in [6.45, 7) is 5.40. The summed E-state index contributed by atoms with van der Waals surface area (Å²) in [5.74, 6) is -1.54. The fourth-order valence-corrected chi connectivity index (χ4v) is 6.73. The number of hydrogen-bond donors (Lipinski definition) is 1. The highest BCUT2D eigenvalue weighted by Crippen LogP contribution is 2.29. The third kappa shape index (κ3) is 8.60. The number of amides is 2. The van der Waals surface area contributed by atoms with E-state index >= 15 is 4.39 Å². The molecule has 1 atom stereocenters. The van der Waals surface area contributed by atoms with E-state index in [1.165, 1.54) is 23.1 Å². The zero-order chi connectivity index (χ0) is 33.1. The fourth-order valence-electron chi connectivity index (χ4n) is 5.27. The molecular weight excluding hydrogens is 601 g/mol. The number of unbranched alkanes of at least 4 members (excludes halogenated alkanes) is 1. The van der Waals surface area contributed by atoms with E-state index in [9.17, 15) is 18.0 Å². The number of halogens is 1. The molecule has 9 heteroatoms. The lowest BCUT2D eigenvalue weighted by Gasteiger charge is -2.34. The van der Waals surface area contributed by atoms with Crippen molar-refractivity contribution in [3.8, 4) is 0 Å². The number of carbonyl (C=O) groups is 2. The Morgan fingerprint density at radius 3 is 2.11 bits per heavy atom. The molecule has 0 aliphatic rings. The molecule has 0 radical (unpaired) electrons. The normalized spacial score (nSPS) is 11.9. The summed E-state index contributed by atoms with van der Waals surface area (Å²) in [7, 11) is -4.22. The third-order valence-electron chi connectivity index (χ3n) is 7.93. The Balaban J connectivity index is 1.82. The number of nitrogens with one attached hydrogen (secondary N) is 1. The molecule has 0 saturated carbocycles. The molecule has 0 aliphatic carbocycles. The van der Waals surface area contributed by atoms with Crippen molar-refractivity contribution >= 4 is 27.5 Å². The minimum absolute atomic E-state index is 0.0376. The molecule has 4 aromatic carbocycles. The highest BCUT2D eigenvalue weighted by molar-refractivity contribution is 7.92. The van der Waals surface area contributed by atoms with Crippen LogP contribution in [-0.2, 0) is 39.0 Å². The van der Waals surface area contributed by atoms with E-state index in [4.69, 9.17) is 0 Å². The summed E-state index contributed by atoms with van der Waals surface area (Å²) in [6, 6.07) is 27.9. The average Bonchev–Trinajstić information content (AvgIpc) is 3.06. The Bertz CT molecular complexity index is 1710. The lowest BCUT2D eigenvalue weighted by Crippen LogP contribution is -2.53. The number of carbonyl (C=O) groups excluding carboxylic acids is 2. The Morgan fingerprint density at radius 1 is 0.826 bits per heavy atom. The molecular formula is C37H42FN3O4S. The van der Waals surface area contributed by atoms with E-state index in [2.05, 4.69) is 5.32 Å². The average molecular weight is 644 g/mol. The minimum Gasteiger partial charge on any atom is -0.354 e. The fraction of sp³-hybridized carbons (Fsp3) is 0.297. The second kappa shape index (κ2) is 16.2. The molecule has 1 N–H and O–H groups in total. The predicted octanol–water partition coefficient (Wildman–Crippen LogP) is 6.45. The van der Waals surface area contributed by atoms with E-state index in [1.54, 1.807) is 42.5 Å². The second-order valence-corrected chi connectivity index (χ2v) is 13.1. The van der Waals surface area contributed by atoms with Crippen LogP contribution in [0.4, 0.5) is 10.1 Å². The second-order valence-electron chi connectivity index (χ2n) is 11.3. The highest BCUT2D eigenvalue weighted by Gasteiger charge is 2.35. The van der Waals surface area contributed by atoms with Gasteiger partial charge >= 0.3 is 0 Å². The van der Waals surface area contributed by atoms with Crippen LogP contribution in [0, 0.1) is 12.7 Å². The molecule has 46 heavy (non-hydrogen) atoms. The Morgan fingerprint density at radius 2 is 1.46 bits per heavy atom. The van der Waals surface area contributed by atoms with E-state index in [1.807, 2.05) is 63.2 Å². The van der Waals surface area contributed by atoms with Gasteiger partial charge in [-0.2, -0.15) is 0 Å². The van der Waals surface area contributed by atoms with Crippen LogP contribution in [0.5, 0.6) is 0 Å². The van der Waals surface area contributed by atoms with Crippen LogP contribution >= 0.6 is 0 Å². The van der Waals surface area contributed by atoms with Gasteiger partial charge in [-0.1, -0.05) is 105 Å². The van der Waals surface area contributed by atoms with Gasteiger partial charge in [0, 0.05) is 25.1 Å². The first-order valence-electron chi connectivity index (χ1n) is 15.7. The summed E-state index contributed by atoms with van der Waals surface area (Å²) in [4.78, 5) is 29.7. The van der Waals surface area contributed by atoms with Crippen molar-refractivity contribution in [2.45, 2.75) is 63.9 Å². The third-order valence-corrected chi connectivity index (χ3v) is 9.70. The maximum Gasteiger partial charge on any atom is 0.264 e. The molecule has 0 bridgehead atoms. The molecule has 0 aliphatic heterocycles. The van der Waals surface area contributed by atoms with Crippen molar-refractivity contribution in [3.63, 3.8) is 0 Å². The van der Waals surface area contributed by atoms with Crippen LogP contribution in [0.3, 0.4) is 0 Å². The smallest absolute Gasteiger partial charge is 0.264 e. The molecule has 0 saturated heterocycles. The van der Waals surface area contributed by atoms with Crippen molar-refractivity contribution in [1.29, 1.82) is 0 Å². The number of sulfonamides is 1. The van der Waals surface area contributed by atoms with Gasteiger partial charge < -0.3 is 10.2 Å². The van der Waals surface area contributed by atoms with Gasteiger partial charge in [0.05, 0.1) is 10.6 Å². The molecule has 0 aromatic heterocycles. The van der Waals surface area contributed by atoms with E-state index in [0.717, 1.165) is 33.8 Å². The van der Waals surface area contributed by atoms with Crippen LogP contribution < -0.4 is 9.62 Å². The van der Waals surface area contributed by atoms with E-state index < -0.39 is 34.3 Å². The number of rotatable bonds is 15. The number of para-hydroxylation sites is 1. The zero-order valence-corrected chi connectivity index (χ0v) is 27.5. The number of aryl methyl sites for hydroxylation is 2. The number of nitrogens with zero attached hydrogens (tertiary/aromatic N) is 2. The molecule has 4 rings (SSSR count). The summed E-state index contributed by atoms with van der Waals surface area (Å²) in [6.07, 6.45) is 2.31. The maximum absolute atomic E-state index is 15.1. The first-order valence-corrected chi connectivity index (χ1v) is 17.1. The highest BCUT2D eigenvalue weighted by atomic mass is 32.2. The maximum atomic E-state index is 15.1. The first kappa shape index (κ1) is 34.4. The molecule has 0 fully saturated rings. The van der Waals surface area contributed by atoms with Crippen LogP contribution in [0.25, 0.3) is 0 Å². The molecule has 7 nitrogen and oxygen atoms in total. The predicted molar refractivity (Wildman–Crippen MR) is 180 cm³/mol. The van der Waals surface area contributed by atoms with Gasteiger partial charge in [0.1, 0.15) is 18.4 Å². The van der Waals surface area contributed by atoms with Crippen molar-refractivity contribution in [2.24, 2.45) is 0 Å². The van der Waals surface area contributed by atoms with Crippen LogP contribution in [0.1, 0.15) is 48.9 Å². The lowest BCUT2D eigenvalue weighted by molar-refractivity contribution is -0.140. The van der Waals surface area contributed by atoms with Crippen molar-refractivity contribution in [2.75, 3.05) is 17.4 Å². The SMILES string of the molecule is CCCCNC(=O)[C@@H](Cc1ccccc1)N(Cc1ccccc1F)C(=O)CN(c1ccccc1CC)S(=O)(=O)c1ccc(C)cc1. The van der Waals surface area contributed by atoms with Gasteiger partial charge in [-0.3, -0.25) is 13.9 Å².